The monoisotopic (exact) mass is 267 g/mol. The van der Waals surface area contributed by atoms with E-state index in [0.717, 1.165) is 19.4 Å². The van der Waals surface area contributed by atoms with Crippen LogP contribution in [0.2, 0.25) is 0 Å². The van der Waals surface area contributed by atoms with Gasteiger partial charge in [-0.3, -0.25) is 0 Å². The number of nitrogens with zero attached hydrogens (tertiary/aromatic N) is 4. The molecule has 0 saturated heterocycles. The van der Waals surface area contributed by atoms with Gasteiger partial charge in [0.2, 0.25) is 11.9 Å². The average molecular weight is 267 g/mol. The third-order valence-electron chi connectivity index (χ3n) is 2.62. The molecular weight excluding hydrogens is 242 g/mol. The van der Waals surface area contributed by atoms with Gasteiger partial charge in [0.05, 0.1) is 6.61 Å². The summed E-state index contributed by atoms with van der Waals surface area (Å²) in [5, 5.41) is 3.09. The molecule has 19 heavy (non-hydrogen) atoms. The van der Waals surface area contributed by atoms with E-state index in [-0.39, 0.29) is 0 Å². The molecule has 1 unspecified atom stereocenters. The molecule has 1 aromatic rings. The lowest BCUT2D eigenvalue weighted by atomic mass is 10.1. The van der Waals surface area contributed by atoms with E-state index in [2.05, 4.69) is 34.1 Å². The van der Waals surface area contributed by atoms with Crippen LogP contribution in [-0.2, 0) is 0 Å². The summed E-state index contributed by atoms with van der Waals surface area (Å²) < 4.78 is 5.67. The molecule has 0 aliphatic carbocycles. The molecule has 6 nitrogen and oxygen atoms in total. The Bertz CT molecular complexity index is 383. The van der Waals surface area contributed by atoms with Crippen molar-refractivity contribution >= 4 is 11.9 Å². The maximum atomic E-state index is 5.67. The zero-order valence-electron chi connectivity index (χ0n) is 12.6. The number of rotatable bonds is 8. The molecule has 108 valence electrons. The molecule has 0 radical (unpaired) electrons. The average Bonchev–Trinajstić information content (AvgIpc) is 2.37. The van der Waals surface area contributed by atoms with Crippen LogP contribution in [0, 0.1) is 5.92 Å². The van der Waals surface area contributed by atoms with Crippen LogP contribution in [0.25, 0.3) is 0 Å². The summed E-state index contributed by atoms with van der Waals surface area (Å²) >= 11 is 0. The van der Waals surface area contributed by atoms with Gasteiger partial charge in [0.15, 0.2) is 0 Å². The first-order valence-electron chi connectivity index (χ1n) is 6.86. The van der Waals surface area contributed by atoms with Crippen LogP contribution < -0.4 is 15.0 Å². The molecule has 0 aromatic carbocycles. The summed E-state index contributed by atoms with van der Waals surface area (Å²) in [6, 6.07) is 0.387. The lowest BCUT2D eigenvalue weighted by molar-refractivity contribution is 0.233. The highest BCUT2D eigenvalue weighted by atomic mass is 16.5. The number of nitrogens with one attached hydrogen (secondary N) is 1. The number of hydrogen-bond acceptors (Lipinski definition) is 6. The third-order valence-corrected chi connectivity index (χ3v) is 2.62. The van der Waals surface area contributed by atoms with E-state index >= 15 is 0 Å². The number of anilines is 2. The Hall–Kier alpha value is -1.59. The molecular formula is C13H25N5O. The van der Waals surface area contributed by atoms with Crippen LogP contribution in [-0.4, -0.2) is 42.2 Å². The smallest absolute Gasteiger partial charge is 0.323 e. The molecule has 0 bridgehead atoms. The highest BCUT2D eigenvalue weighted by Gasteiger charge is 2.10. The van der Waals surface area contributed by atoms with Crippen LogP contribution in [0.4, 0.5) is 11.9 Å². The number of hydrogen-bond donors (Lipinski definition) is 1. The van der Waals surface area contributed by atoms with E-state index in [1.165, 1.54) is 0 Å². The Labute approximate surface area is 115 Å². The van der Waals surface area contributed by atoms with Crippen LogP contribution in [0.5, 0.6) is 6.01 Å². The number of ether oxygens (including phenoxy) is 1. The van der Waals surface area contributed by atoms with Gasteiger partial charge in [0, 0.05) is 20.6 Å². The molecule has 0 amide bonds. The minimum absolute atomic E-state index is 0.387. The van der Waals surface area contributed by atoms with Gasteiger partial charge in [0.1, 0.15) is 0 Å². The second-order valence-electron chi connectivity index (χ2n) is 4.87. The number of aromatic nitrogens is 3. The van der Waals surface area contributed by atoms with Gasteiger partial charge in [-0.25, -0.2) is 0 Å². The fourth-order valence-corrected chi connectivity index (χ4v) is 1.64. The fraction of sp³-hybridized carbons (Fsp3) is 0.769. The first-order chi connectivity index (χ1) is 9.06. The summed E-state index contributed by atoms with van der Waals surface area (Å²) in [5.41, 5.74) is 0. The quantitative estimate of drug-likeness (QED) is 0.779. The second-order valence-corrected chi connectivity index (χ2v) is 4.87. The van der Waals surface area contributed by atoms with E-state index in [9.17, 15) is 0 Å². The predicted octanol–water partition coefficient (Wildman–Crippen LogP) is 2.18. The van der Waals surface area contributed by atoms with Gasteiger partial charge in [-0.1, -0.05) is 20.3 Å². The molecule has 0 aliphatic rings. The van der Waals surface area contributed by atoms with Crippen molar-refractivity contribution in [2.75, 3.05) is 37.5 Å². The molecule has 1 rings (SSSR count). The standard InChI is InChI=1S/C13H25N5O/c1-6-8-10(3)9-19-13-16-11(14-7-2)15-12(17-13)18(4)5/h10H,6-9H2,1-5H3,(H,14,15,16,17). The van der Waals surface area contributed by atoms with Gasteiger partial charge in [-0.15, -0.1) is 0 Å². The minimum Gasteiger partial charge on any atom is -0.463 e. The van der Waals surface area contributed by atoms with Crippen molar-refractivity contribution in [2.24, 2.45) is 5.92 Å². The Morgan fingerprint density at radius 1 is 1.21 bits per heavy atom. The zero-order valence-corrected chi connectivity index (χ0v) is 12.6. The predicted molar refractivity (Wildman–Crippen MR) is 77.9 cm³/mol. The highest BCUT2D eigenvalue weighted by molar-refractivity contribution is 5.36. The van der Waals surface area contributed by atoms with E-state index in [0.29, 0.717) is 30.4 Å². The Morgan fingerprint density at radius 3 is 2.53 bits per heavy atom. The van der Waals surface area contributed by atoms with Crippen LogP contribution in [0.15, 0.2) is 0 Å². The van der Waals surface area contributed by atoms with Gasteiger partial charge in [0.25, 0.3) is 0 Å². The van der Waals surface area contributed by atoms with E-state index in [4.69, 9.17) is 4.74 Å². The summed E-state index contributed by atoms with van der Waals surface area (Å²) in [6.45, 7) is 7.75. The van der Waals surface area contributed by atoms with E-state index < -0.39 is 0 Å². The lowest BCUT2D eigenvalue weighted by Gasteiger charge is -2.15. The second kappa shape index (κ2) is 7.76. The summed E-state index contributed by atoms with van der Waals surface area (Å²) in [6.07, 6.45) is 2.30. The first kappa shape index (κ1) is 15.5. The van der Waals surface area contributed by atoms with Gasteiger partial charge in [-0.05, 0) is 19.3 Å². The van der Waals surface area contributed by atoms with Gasteiger partial charge < -0.3 is 15.0 Å². The first-order valence-corrected chi connectivity index (χ1v) is 6.86. The molecule has 0 spiro atoms. The maximum absolute atomic E-state index is 5.67. The Morgan fingerprint density at radius 2 is 1.95 bits per heavy atom. The van der Waals surface area contributed by atoms with Gasteiger partial charge >= 0.3 is 6.01 Å². The van der Waals surface area contributed by atoms with E-state index in [1.807, 2.05) is 25.9 Å². The van der Waals surface area contributed by atoms with Crippen LogP contribution >= 0.6 is 0 Å². The normalized spacial score (nSPS) is 12.1. The summed E-state index contributed by atoms with van der Waals surface area (Å²) in [7, 11) is 3.79. The molecule has 6 heteroatoms. The Balaban J connectivity index is 2.75. The molecule has 1 heterocycles. The van der Waals surface area contributed by atoms with Crippen LogP contribution in [0.3, 0.4) is 0 Å². The van der Waals surface area contributed by atoms with Crippen molar-refractivity contribution in [3.63, 3.8) is 0 Å². The fourth-order valence-electron chi connectivity index (χ4n) is 1.64. The van der Waals surface area contributed by atoms with Crippen molar-refractivity contribution in [1.29, 1.82) is 0 Å². The SMILES string of the molecule is CCCC(C)COc1nc(NCC)nc(N(C)C)n1. The topological polar surface area (TPSA) is 63.2 Å². The molecule has 1 aromatic heterocycles. The lowest BCUT2D eigenvalue weighted by Crippen LogP contribution is -2.17. The molecule has 0 aliphatic heterocycles. The van der Waals surface area contributed by atoms with Gasteiger partial charge in [-0.2, -0.15) is 15.0 Å². The third kappa shape index (κ3) is 5.28. The van der Waals surface area contributed by atoms with Crippen molar-refractivity contribution < 1.29 is 4.74 Å². The largest absolute Gasteiger partial charge is 0.463 e. The highest BCUT2D eigenvalue weighted by Crippen LogP contribution is 2.14. The van der Waals surface area contributed by atoms with Crippen molar-refractivity contribution in [1.82, 2.24) is 15.0 Å². The molecule has 1 atom stereocenters. The summed E-state index contributed by atoms with van der Waals surface area (Å²) in [5.74, 6) is 1.66. The summed E-state index contributed by atoms with van der Waals surface area (Å²) in [4.78, 5) is 14.7. The minimum atomic E-state index is 0.387. The van der Waals surface area contributed by atoms with Crippen molar-refractivity contribution in [3.8, 4) is 6.01 Å². The molecule has 0 saturated carbocycles. The van der Waals surface area contributed by atoms with Crippen molar-refractivity contribution in [2.45, 2.75) is 33.6 Å². The Kier molecular flexibility index (Phi) is 6.32. The zero-order chi connectivity index (χ0) is 14.3. The van der Waals surface area contributed by atoms with E-state index in [1.54, 1.807) is 0 Å². The molecule has 1 N–H and O–H groups in total. The van der Waals surface area contributed by atoms with Crippen LogP contribution in [0.1, 0.15) is 33.6 Å². The van der Waals surface area contributed by atoms with Crippen molar-refractivity contribution in [3.05, 3.63) is 0 Å². The maximum Gasteiger partial charge on any atom is 0.323 e. The molecule has 0 fully saturated rings.